The van der Waals surface area contributed by atoms with Crippen LogP contribution in [0.3, 0.4) is 0 Å². The van der Waals surface area contributed by atoms with Crippen molar-refractivity contribution in [1.82, 2.24) is 0 Å². The van der Waals surface area contributed by atoms with E-state index in [4.69, 9.17) is 14.7 Å². The minimum atomic E-state index is -3.08. The summed E-state index contributed by atoms with van der Waals surface area (Å²) in [6.45, 7) is 5.74. The van der Waals surface area contributed by atoms with Crippen molar-refractivity contribution in [2.75, 3.05) is 6.61 Å². The smallest absolute Gasteiger partial charge is 0.264 e. The molecule has 8 nitrogen and oxygen atoms in total. The number of aliphatic hydroxyl groups excluding tert-OH is 3. The third-order valence-corrected chi connectivity index (χ3v) is 10.7. The Morgan fingerprint density at radius 2 is 1.52 bits per heavy atom. The highest BCUT2D eigenvalue weighted by molar-refractivity contribution is 6.99. The molecule has 2 aromatic carbocycles. The molecule has 0 aliphatic carbocycles. The number of aliphatic hydroxyl groups is 3. The van der Waals surface area contributed by atoms with Gasteiger partial charge < -0.3 is 24.5 Å². The average molecular weight is 444 g/mol. The maximum absolute atomic E-state index is 10.6. The van der Waals surface area contributed by atoms with Crippen LogP contribution in [0.25, 0.3) is 10.4 Å². The molecule has 0 saturated carbocycles. The lowest BCUT2D eigenvalue weighted by Gasteiger charge is -2.48. The molecule has 5 atom stereocenters. The number of benzene rings is 2. The van der Waals surface area contributed by atoms with E-state index in [-0.39, 0.29) is 5.04 Å². The number of ether oxygens (including phenoxy) is 1. The molecule has 1 heterocycles. The summed E-state index contributed by atoms with van der Waals surface area (Å²) in [5.74, 6) is 0. The van der Waals surface area contributed by atoms with Crippen LogP contribution in [-0.4, -0.2) is 60.9 Å². The molecule has 3 rings (SSSR count). The van der Waals surface area contributed by atoms with Gasteiger partial charge >= 0.3 is 0 Å². The highest BCUT2D eigenvalue weighted by atomic mass is 28.4. The van der Waals surface area contributed by atoms with Gasteiger partial charge in [-0.2, -0.15) is 0 Å². The van der Waals surface area contributed by atoms with E-state index < -0.39 is 45.6 Å². The number of hydrogen-bond donors (Lipinski definition) is 3. The molecule has 31 heavy (non-hydrogen) atoms. The molecule has 0 amide bonds. The molecule has 0 aromatic heterocycles. The summed E-state index contributed by atoms with van der Waals surface area (Å²) < 4.78 is 12.7. The van der Waals surface area contributed by atoms with E-state index >= 15 is 0 Å². The lowest BCUT2D eigenvalue weighted by Crippen LogP contribution is -2.70. The first-order valence-electron chi connectivity index (χ1n) is 10.2. The third kappa shape index (κ3) is 4.39. The summed E-state index contributed by atoms with van der Waals surface area (Å²) in [7, 11) is -3.08. The predicted octanol–water partition coefficient (Wildman–Crippen LogP) is 1.68. The number of rotatable bonds is 6. The lowest BCUT2D eigenvalue weighted by molar-refractivity contribution is -0.242. The van der Waals surface area contributed by atoms with Crippen LogP contribution in [0.4, 0.5) is 0 Å². The molecule has 1 fully saturated rings. The van der Waals surface area contributed by atoms with Crippen LogP contribution in [0.15, 0.2) is 65.8 Å². The Balaban J connectivity index is 2.19. The molecule has 1 aliphatic heterocycles. The Kier molecular flexibility index (Phi) is 7.18. The minimum Gasteiger partial charge on any atom is -0.394 e. The van der Waals surface area contributed by atoms with E-state index in [2.05, 4.69) is 30.8 Å². The first-order valence-corrected chi connectivity index (χ1v) is 12.1. The zero-order chi connectivity index (χ0) is 22.6. The van der Waals surface area contributed by atoms with Crippen LogP contribution in [-0.2, 0) is 9.16 Å². The van der Waals surface area contributed by atoms with Gasteiger partial charge in [0.1, 0.15) is 18.2 Å². The average Bonchev–Trinajstić information content (AvgIpc) is 2.77. The molecule has 0 spiro atoms. The Morgan fingerprint density at radius 1 is 1.00 bits per heavy atom. The van der Waals surface area contributed by atoms with Crippen molar-refractivity contribution in [3.63, 3.8) is 0 Å². The maximum Gasteiger partial charge on any atom is 0.264 e. The van der Waals surface area contributed by atoms with Gasteiger partial charge in [-0.1, -0.05) is 86.5 Å². The van der Waals surface area contributed by atoms with E-state index in [0.29, 0.717) is 0 Å². The van der Waals surface area contributed by atoms with Crippen molar-refractivity contribution < 1.29 is 24.5 Å². The van der Waals surface area contributed by atoms with E-state index in [1.54, 1.807) is 0 Å². The van der Waals surface area contributed by atoms with Gasteiger partial charge in [0.25, 0.3) is 8.32 Å². The fourth-order valence-electron chi connectivity index (χ4n) is 4.21. The minimum absolute atomic E-state index is 0.379. The van der Waals surface area contributed by atoms with E-state index in [0.717, 1.165) is 10.4 Å². The largest absolute Gasteiger partial charge is 0.394 e. The summed E-state index contributed by atoms with van der Waals surface area (Å²) in [6.07, 6.45) is -5.06. The predicted molar refractivity (Wildman–Crippen MR) is 119 cm³/mol. The summed E-state index contributed by atoms with van der Waals surface area (Å²) in [5.41, 5.74) is 9.07. The molecule has 3 N–H and O–H groups in total. The monoisotopic (exact) mass is 443 g/mol. The Labute approximate surface area is 182 Å². The van der Waals surface area contributed by atoms with Crippen LogP contribution in [0, 0.1) is 0 Å². The summed E-state index contributed by atoms with van der Waals surface area (Å²) in [5, 5.41) is 35.8. The fourth-order valence-corrected chi connectivity index (χ4v) is 8.77. The summed E-state index contributed by atoms with van der Waals surface area (Å²) in [6, 6.07) is 18.5. The summed E-state index contributed by atoms with van der Waals surface area (Å²) in [4.78, 5) is 2.83. The van der Waals surface area contributed by atoms with Crippen LogP contribution in [0.1, 0.15) is 20.8 Å². The number of hydrogen-bond acceptors (Lipinski definition) is 6. The Morgan fingerprint density at radius 3 is 1.94 bits per heavy atom. The molecule has 2 aromatic rings. The van der Waals surface area contributed by atoms with Gasteiger partial charge in [-0.05, 0) is 20.9 Å². The van der Waals surface area contributed by atoms with Crippen molar-refractivity contribution in [2.24, 2.45) is 5.11 Å². The normalized spacial score (nSPS) is 26.8. The molecule has 0 bridgehead atoms. The highest BCUT2D eigenvalue weighted by Gasteiger charge is 2.55. The SMILES string of the molecule is CC(C)(C)[Si](O[C@@H]1OC(CO)[C@H](O)[C@H](O)C1N=[N+]=[N-])(c1ccccc1)c1ccccc1. The molecular formula is C22H29N3O5Si. The van der Waals surface area contributed by atoms with Crippen LogP contribution < -0.4 is 10.4 Å². The zero-order valence-corrected chi connectivity index (χ0v) is 18.9. The van der Waals surface area contributed by atoms with Crippen LogP contribution in [0.2, 0.25) is 5.04 Å². The molecule has 2 unspecified atom stereocenters. The van der Waals surface area contributed by atoms with E-state index in [1.165, 1.54) is 0 Å². The quantitative estimate of drug-likeness (QED) is 0.271. The van der Waals surface area contributed by atoms with Crippen LogP contribution >= 0.6 is 0 Å². The van der Waals surface area contributed by atoms with Gasteiger partial charge in [-0.3, -0.25) is 0 Å². The van der Waals surface area contributed by atoms with Crippen molar-refractivity contribution in [2.45, 2.75) is 56.5 Å². The highest BCUT2D eigenvalue weighted by Crippen LogP contribution is 2.39. The second kappa shape index (κ2) is 9.50. The maximum atomic E-state index is 10.6. The topological polar surface area (TPSA) is 128 Å². The second-order valence-corrected chi connectivity index (χ2v) is 12.9. The molecule has 0 radical (unpaired) electrons. The molecule has 166 valence electrons. The van der Waals surface area contributed by atoms with E-state index in [1.807, 2.05) is 60.7 Å². The van der Waals surface area contributed by atoms with Gasteiger partial charge in [0, 0.05) is 4.91 Å². The first-order chi connectivity index (χ1) is 14.8. The lowest BCUT2D eigenvalue weighted by atomic mass is 9.98. The zero-order valence-electron chi connectivity index (χ0n) is 17.9. The van der Waals surface area contributed by atoms with Gasteiger partial charge in [0.15, 0.2) is 6.29 Å². The fraction of sp³-hybridized carbons (Fsp3) is 0.455. The van der Waals surface area contributed by atoms with Crippen molar-refractivity contribution in [3.05, 3.63) is 71.1 Å². The van der Waals surface area contributed by atoms with Gasteiger partial charge in [-0.25, -0.2) is 0 Å². The van der Waals surface area contributed by atoms with Gasteiger partial charge in [0.05, 0.1) is 12.7 Å². The Bertz CT molecular complexity index is 863. The van der Waals surface area contributed by atoms with Crippen LogP contribution in [0.5, 0.6) is 0 Å². The van der Waals surface area contributed by atoms with Crippen molar-refractivity contribution in [3.8, 4) is 0 Å². The molecular weight excluding hydrogens is 414 g/mol. The van der Waals surface area contributed by atoms with Gasteiger partial charge in [0.2, 0.25) is 0 Å². The molecule has 9 heteroatoms. The van der Waals surface area contributed by atoms with Crippen molar-refractivity contribution >= 4 is 18.7 Å². The number of nitrogens with zero attached hydrogens (tertiary/aromatic N) is 3. The van der Waals surface area contributed by atoms with Crippen molar-refractivity contribution in [1.29, 1.82) is 0 Å². The second-order valence-electron chi connectivity index (χ2n) is 8.68. The Hall–Kier alpha value is -2.23. The molecule has 1 saturated heterocycles. The molecule has 1 aliphatic rings. The third-order valence-electron chi connectivity index (χ3n) is 5.74. The standard InChI is InChI=1S/C22H29N3O5Si/c1-22(2,3)31(15-10-6-4-7-11-15,16-12-8-5-9-13-16)30-21-18(24-25-23)20(28)19(27)17(14-26)29-21/h4-13,17-21,26-28H,14H2,1-3H3/t17?,18?,19-,20+,21-/m0/s1. The summed E-state index contributed by atoms with van der Waals surface area (Å²) >= 11 is 0. The number of azide groups is 1. The van der Waals surface area contributed by atoms with Gasteiger partial charge in [-0.15, -0.1) is 0 Å². The van der Waals surface area contributed by atoms with E-state index in [9.17, 15) is 15.3 Å². The first kappa shape index (κ1) is 23.4.